The van der Waals surface area contributed by atoms with Crippen LogP contribution in [0.15, 0.2) is 23.7 Å². The minimum Gasteiger partial charge on any atom is -0.354 e. The maximum Gasteiger partial charge on any atom is 0.273 e. The maximum atomic E-state index is 13.0. The van der Waals surface area contributed by atoms with Crippen LogP contribution in [-0.4, -0.2) is 33.4 Å². The van der Waals surface area contributed by atoms with Gasteiger partial charge in [0, 0.05) is 16.8 Å². The summed E-state index contributed by atoms with van der Waals surface area (Å²) < 4.78 is 1.63. The second-order valence-electron chi connectivity index (χ2n) is 9.53. The lowest BCUT2D eigenvalue weighted by molar-refractivity contribution is -0.146. The van der Waals surface area contributed by atoms with Gasteiger partial charge in [-0.3, -0.25) is 9.59 Å². The molecule has 0 aromatic carbocycles. The van der Waals surface area contributed by atoms with E-state index in [4.69, 9.17) is 0 Å². The number of nitrogens with one attached hydrogen (secondary N) is 2. The van der Waals surface area contributed by atoms with Gasteiger partial charge in [-0.25, -0.2) is 4.68 Å². The van der Waals surface area contributed by atoms with Gasteiger partial charge in [0.05, 0.1) is 18.8 Å². The largest absolute Gasteiger partial charge is 0.354 e. The molecule has 30 heavy (non-hydrogen) atoms. The SMILES string of the molecule is C[C@H](NC(=O)c1cn(CCNC(=O)C23CC4CC(CC(C4)C2)C3)nn1)c1cccs1. The summed E-state index contributed by atoms with van der Waals surface area (Å²) in [5.74, 6) is 2.27. The van der Waals surface area contributed by atoms with Crippen molar-refractivity contribution in [2.75, 3.05) is 6.54 Å². The Labute approximate surface area is 180 Å². The number of carbonyl (C=O) groups is 2. The van der Waals surface area contributed by atoms with Crippen LogP contribution in [-0.2, 0) is 11.3 Å². The summed E-state index contributed by atoms with van der Waals surface area (Å²) in [7, 11) is 0. The van der Waals surface area contributed by atoms with Gasteiger partial charge >= 0.3 is 0 Å². The minimum atomic E-state index is -0.236. The summed E-state index contributed by atoms with van der Waals surface area (Å²) in [6.45, 7) is 2.98. The molecule has 2 amide bonds. The van der Waals surface area contributed by atoms with Gasteiger partial charge < -0.3 is 10.6 Å². The van der Waals surface area contributed by atoms with Crippen molar-refractivity contribution >= 4 is 23.2 Å². The summed E-state index contributed by atoms with van der Waals surface area (Å²) in [6, 6.07) is 3.90. The van der Waals surface area contributed by atoms with Crippen molar-refractivity contribution in [2.24, 2.45) is 23.2 Å². The molecule has 160 valence electrons. The molecule has 2 heterocycles. The van der Waals surface area contributed by atoms with Crippen LogP contribution in [0.2, 0.25) is 0 Å². The Bertz CT molecular complexity index is 887. The molecule has 0 spiro atoms. The topological polar surface area (TPSA) is 88.9 Å². The summed E-state index contributed by atoms with van der Waals surface area (Å²) in [5.41, 5.74) is 0.172. The minimum absolute atomic E-state index is 0.0674. The van der Waals surface area contributed by atoms with E-state index >= 15 is 0 Å². The van der Waals surface area contributed by atoms with E-state index in [1.54, 1.807) is 22.2 Å². The lowest BCUT2D eigenvalue weighted by atomic mass is 9.49. The molecule has 2 aromatic heterocycles. The van der Waals surface area contributed by atoms with Gasteiger partial charge in [-0.1, -0.05) is 11.3 Å². The van der Waals surface area contributed by atoms with Crippen molar-refractivity contribution in [2.45, 2.75) is 58.0 Å². The zero-order valence-electron chi connectivity index (χ0n) is 17.3. The molecule has 7 nitrogen and oxygen atoms in total. The molecule has 1 atom stereocenters. The number of hydrogen-bond acceptors (Lipinski definition) is 5. The van der Waals surface area contributed by atoms with Crippen LogP contribution in [0.5, 0.6) is 0 Å². The van der Waals surface area contributed by atoms with E-state index in [0.717, 1.165) is 41.9 Å². The molecule has 4 bridgehead atoms. The first-order chi connectivity index (χ1) is 14.5. The number of amides is 2. The highest BCUT2D eigenvalue weighted by atomic mass is 32.1. The zero-order chi connectivity index (χ0) is 20.7. The van der Waals surface area contributed by atoms with Crippen LogP contribution < -0.4 is 10.6 Å². The van der Waals surface area contributed by atoms with Crippen molar-refractivity contribution in [1.29, 1.82) is 0 Å². The Kier molecular flexibility index (Phi) is 5.13. The molecule has 4 aliphatic carbocycles. The number of carbonyl (C=O) groups excluding carboxylic acids is 2. The Morgan fingerprint density at radius 3 is 2.57 bits per heavy atom. The number of thiophene rings is 1. The predicted octanol–water partition coefficient (Wildman–Crippen LogP) is 3.16. The molecular formula is C22H29N5O2S. The van der Waals surface area contributed by atoms with Gasteiger partial charge in [0.2, 0.25) is 5.91 Å². The lowest BCUT2D eigenvalue weighted by Crippen LogP contribution is -2.53. The highest BCUT2D eigenvalue weighted by Gasteiger charge is 2.54. The Balaban J connectivity index is 1.12. The van der Waals surface area contributed by atoms with E-state index in [0.29, 0.717) is 18.8 Å². The van der Waals surface area contributed by atoms with Crippen molar-refractivity contribution in [3.8, 4) is 0 Å². The summed E-state index contributed by atoms with van der Waals surface area (Å²) in [4.78, 5) is 26.5. The third-order valence-electron chi connectivity index (χ3n) is 7.24. The van der Waals surface area contributed by atoms with Crippen LogP contribution >= 0.6 is 11.3 Å². The first kappa shape index (κ1) is 19.7. The summed E-state index contributed by atoms with van der Waals surface area (Å²) in [6.07, 6.45) is 8.86. The van der Waals surface area contributed by atoms with Gasteiger partial charge in [0.15, 0.2) is 5.69 Å². The number of rotatable bonds is 7. The van der Waals surface area contributed by atoms with Crippen molar-refractivity contribution in [3.63, 3.8) is 0 Å². The molecule has 2 N–H and O–H groups in total. The second kappa shape index (κ2) is 7.80. The highest BCUT2D eigenvalue weighted by molar-refractivity contribution is 7.10. The Morgan fingerprint density at radius 2 is 1.93 bits per heavy atom. The van der Waals surface area contributed by atoms with Gasteiger partial charge in [0.25, 0.3) is 5.91 Å². The lowest BCUT2D eigenvalue weighted by Gasteiger charge is -2.55. The number of aromatic nitrogens is 3. The van der Waals surface area contributed by atoms with Crippen molar-refractivity contribution < 1.29 is 9.59 Å². The average Bonchev–Trinajstić information content (AvgIpc) is 3.39. The van der Waals surface area contributed by atoms with Crippen LogP contribution in [0.4, 0.5) is 0 Å². The van der Waals surface area contributed by atoms with E-state index in [9.17, 15) is 9.59 Å². The quantitative estimate of drug-likeness (QED) is 0.710. The van der Waals surface area contributed by atoms with E-state index < -0.39 is 0 Å². The van der Waals surface area contributed by atoms with Crippen molar-refractivity contribution in [3.05, 3.63) is 34.3 Å². The zero-order valence-corrected chi connectivity index (χ0v) is 18.2. The third-order valence-corrected chi connectivity index (χ3v) is 8.29. The molecule has 0 saturated heterocycles. The Hall–Kier alpha value is -2.22. The van der Waals surface area contributed by atoms with Crippen LogP contribution in [0.1, 0.15) is 66.9 Å². The van der Waals surface area contributed by atoms with Crippen LogP contribution in [0, 0.1) is 23.2 Å². The van der Waals surface area contributed by atoms with Crippen LogP contribution in [0.25, 0.3) is 0 Å². The van der Waals surface area contributed by atoms with Gasteiger partial charge in [-0.15, -0.1) is 16.4 Å². The number of hydrogen-bond donors (Lipinski definition) is 2. The highest BCUT2D eigenvalue weighted by Crippen LogP contribution is 2.60. The van der Waals surface area contributed by atoms with Gasteiger partial charge in [-0.2, -0.15) is 0 Å². The van der Waals surface area contributed by atoms with Gasteiger partial charge in [0.1, 0.15) is 0 Å². The Morgan fingerprint density at radius 1 is 1.23 bits per heavy atom. The molecule has 4 saturated carbocycles. The van der Waals surface area contributed by atoms with E-state index in [2.05, 4.69) is 20.9 Å². The molecule has 8 heteroatoms. The molecule has 0 aliphatic heterocycles. The standard InChI is InChI=1S/C22H29N5O2S/c1-14(19-3-2-6-30-19)24-20(28)18-13-27(26-25-18)5-4-23-21(29)22-10-15-7-16(11-22)9-17(8-15)12-22/h2-3,6,13-17H,4-5,7-12H2,1H3,(H,23,29)(H,24,28)/t14-,15?,16?,17?,22?/m0/s1. The van der Waals surface area contributed by atoms with E-state index in [1.165, 1.54) is 19.3 Å². The smallest absolute Gasteiger partial charge is 0.273 e. The summed E-state index contributed by atoms with van der Waals surface area (Å²) in [5, 5.41) is 16.1. The van der Waals surface area contributed by atoms with Crippen LogP contribution in [0.3, 0.4) is 0 Å². The average molecular weight is 428 g/mol. The maximum absolute atomic E-state index is 13.0. The van der Waals surface area contributed by atoms with E-state index in [-0.39, 0.29) is 23.3 Å². The summed E-state index contributed by atoms with van der Waals surface area (Å²) >= 11 is 1.61. The molecule has 0 unspecified atom stereocenters. The fraction of sp³-hybridized carbons (Fsp3) is 0.636. The third kappa shape index (κ3) is 3.77. The molecular weight excluding hydrogens is 398 g/mol. The fourth-order valence-corrected chi connectivity index (χ4v) is 6.99. The first-order valence-corrected chi connectivity index (χ1v) is 11.9. The van der Waals surface area contributed by atoms with E-state index in [1.807, 2.05) is 24.4 Å². The molecule has 6 rings (SSSR count). The number of nitrogens with zero attached hydrogens (tertiary/aromatic N) is 3. The predicted molar refractivity (Wildman–Crippen MR) is 114 cm³/mol. The monoisotopic (exact) mass is 427 g/mol. The van der Waals surface area contributed by atoms with Crippen molar-refractivity contribution in [1.82, 2.24) is 25.6 Å². The van der Waals surface area contributed by atoms with Gasteiger partial charge in [-0.05, 0) is 74.6 Å². The molecule has 4 fully saturated rings. The normalized spacial score (nSPS) is 30.2. The fourth-order valence-electron chi connectivity index (χ4n) is 6.25. The molecule has 2 aromatic rings. The molecule has 4 aliphatic rings. The second-order valence-corrected chi connectivity index (χ2v) is 10.5. The first-order valence-electron chi connectivity index (χ1n) is 11.0. The molecule has 0 radical (unpaired) electrons.